The molecule has 230 valence electrons. The molecular formula is C36H40N2O6. The van der Waals surface area contributed by atoms with Crippen LogP contribution in [0.5, 0.6) is 0 Å². The summed E-state index contributed by atoms with van der Waals surface area (Å²) in [5.74, 6) is -6.12. The van der Waals surface area contributed by atoms with Crippen molar-refractivity contribution in [3.8, 4) is 0 Å². The lowest BCUT2D eigenvalue weighted by atomic mass is 9.74. The molecule has 0 spiro atoms. The Balaban J connectivity index is 1.80. The molecule has 0 aliphatic heterocycles. The number of aromatic nitrogens is 2. The van der Waals surface area contributed by atoms with Crippen LogP contribution in [-0.4, -0.2) is 39.3 Å². The average molecular weight is 597 g/mol. The van der Waals surface area contributed by atoms with Crippen LogP contribution in [0.2, 0.25) is 0 Å². The van der Waals surface area contributed by atoms with Crippen LogP contribution in [0.15, 0.2) is 54.6 Å². The summed E-state index contributed by atoms with van der Waals surface area (Å²) >= 11 is 0. The molecule has 2 N–H and O–H groups in total. The number of esters is 2. The third-order valence-corrected chi connectivity index (χ3v) is 8.22. The Hall–Kier alpha value is -4.46. The minimum atomic E-state index is -2.54. The summed E-state index contributed by atoms with van der Waals surface area (Å²) in [4.78, 5) is 61.9. The molecule has 0 bridgehead atoms. The fourth-order valence-corrected chi connectivity index (χ4v) is 6.28. The highest BCUT2D eigenvalue weighted by atomic mass is 16.7. The number of H-pyrrole nitrogens is 2. The number of hydrogen-bond acceptors (Lipinski definition) is 6. The molecule has 0 radical (unpaired) electrons. The van der Waals surface area contributed by atoms with Gasteiger partial charge >= 0.3 is 17.7 Å². The van der Waals surface area contributed by atoms with E-state index in [-0.39, 0.29) is 5.57 Å². The summed E-state index contributed by atoms with van der Waals surface area (Å²) < 4.78 is 11.6. The van der Waals surface area contributed by atoms with E-state index >= 15 is 0 Å². The standard InChI is InChI=1S/C36H40N2O6/c1-20(2)15-17-29-32(24-11-7-9-13-27(24)37-29)26-19-31(41)34(36(35(26)42,43-22(5)39)44-23(6)40)33-25-12-8-10-14-28(25)38-30(33)18-16-21(3)4/h7-14,19-21,34,37-38H,15-18H2,1-6H3. The second kappa shape index (κ2) is 12.3. The van der Waals surface area contributed by atoms with Crippen LogP contribution in [0.25, 0.3) is 27.4 Å². The van der Waals surface area contributed by atoms with Gasteiger partial charge in [-0.25, -0.2) is 0 Å². The van der Waals surface area contributed by atoms with Crippen molar-refractivity contribution in [3.05, 3.63) is 77.1 Å². The molecule has 8 heteroatoms. The van der Waals surface area contributed by atoms with E-state index in [0.717, 1.165) is 54.5 Å². The van der Waals surface area contributed by atoms with Crippen molar-refractivity contribution >= 4 is 50.9 Å². The van der Waals surface area contributed by atoms with Crippen molar-refractivity contribution in [2.45, 2.75) is 78.9 Å². The van der Waals surface area contributed by atoms with Crippen molar-refractivity contribution in [2.75, 3.05) is 0 Å². The highest BCUT2D eigenvalue weighted by Gasteiger charge is 2.61. The Morgan fingerprint density at radius 3 is 1.84 bits per heavy atom. The third-order valence-electron chi connectivity index (χ3n) is 8.22. The SMILES string of the molecule is CC(=O)OC1(OC(C)=O)C(=O)C(c2c(CCC(C)C)[nH]c3ccccc23)=CC(=O)C1c1c(CCC(C)C)[nH]c2ccccc12. The molecule has 1 unspecified atom stereocenters. The highest BCUT2D eigenvalue weighted by molar-refractivity contribution is 6.35. The Bertz CT molecular complexity index is 1770. The smallest absolute Gasteiger partial charge is 0.335 e. The Labute approximate surface area is 257 Å². The zero-order valence-corrected chi connectivity index (χ0v) is 26.2. The second-order valence-electron chi connectivity index (χ2n) is 12.5. The topological polar surface area (TPSA) is 118 Å². The summed E-state index contributed by atoms with van der Waals surface area (Å²) in [6.07, 6.45) is 4.19. The van der Waals surface area contributed by atoms with E-state index in [0.29, 0.717) is 41.2 Å². The summed E-state index contributed by atoms with van der Waals surface area (Å²) in [6, 6.07) is 15.0. The van der Waals surface area contributed by atoms with Crippen LogP contribution < -0.4 is 0 Å². The lowest BCUT2D eigenvalue weighted by Crippen LogP contribution is -2.56. The van der Waals surface area contributed by atoms with E-state index < -0.39 is 35.2 Å². The van der Waals surface area contributed by atoms with E-state index in [4.69, 9.17) is 9.47 Å². The van der Waals surface area contributed by atoms with Gasteiger partial charge in [-0.05, 0) is 61.3 Å². The first-order valence-electron chi connectivity index (χ1n) is 15.3. The number of ether oxygens (including phenoxy) is 2. The maximum absolute atomic E-state index is 14.9. The molecule has 1 aliphatic carbocycles. The number of hydrogen-bond donors (Lipinski definition) is 2. The lowest BCUT2D eigenvalue weighted by molar-refractivity contribution is -0.226. The van der Waals surface area contributed by atoms with Gasteiger partial charge in [-0.1, -0.05) is 64.1 Å². The van der Waals surface area contributed by atoms with Crippen LogP contribution >= 0.6 is 0 Å². The molecule has 8 nitrogen and oxygen atoms in total. The van der Waals surface area contributed by atoms with Crippen LogP contribution in [0, 0.1) is 11.8 Å². The molecule has 1 aliphatic rings. The fraction of sp³-hybridized carbons (Fsp3) is 0.389. The molecule has 0 saturated carbocycles. The highest BCUT2D eigenvalue weighted by Crippen LogP contribution is 2.48. The second-order valence-corrected chi connectivity index (χ2v) is 12.5. The number of para-hydroxylation sites is 2. The predicted octanol–water partition coefficient (Wildman–Crippen LogP) is 6.97. The van der Waals surface area contributed by atoms with Gasteiger partial charge in [0.05, 0.1) is 0 Å². The number of ketones is 2. The van der Waals surface area contributed by atoms with Crippen LogP contribution in [-0.2, 0) is 41.5 Å². The van der Waals surface area contributed by atoms with E-state index in [9.17, 15) is 19.2 Å². The first-order chi connectivity index (χ1) is 20.9. The average Bonchev–Trinajstić information content (AvgIpc) is 3.50. The summed E-state index contributed by atoms with van der Waals surface area (Å²) in [5.41, 5.74) is 4.20. The zero-order chi connectivity index (χ0) is 31.8. The van der Waals surface area contributed by atoms with Gasteiger partial charge in [0.2, 0.25) is 5.78 Å². The molecule has 2 aromatic carbocycles. The molecule has 44 heavy (non-hydrogen) atoms. The molecule has 0 saturated heterocycles. The first-order valence-corrected chi connectivity index (χ1v) is 15.3. The molecule has 4 aromatic rings. The molecule has 1 atom stereocenters. The van der Waals surface area contributed by atoms with Crippen molar-refractivity contribution in [2.24, 2.45) is 11.8 Å². The van der Waals surface area contributed by atoms with Crippen molar-refractivity contribution in [3.63, 3.8) is 0 Å². The van der Waals surface area contributed by atoms with Crippen LogP contribution in [0.1, 0.15) is 82.8 Å². The number of Topliss-reactive ketones (excluding diaryl/α,β-unsaturated/α-hetero) is 1. The van der Waals surface area contributed by atoms with Crippen LogP contribution in [0.3, 0.4) is 0 Å². The quantitative estimate of drug-likeness (QED) is 0.151. The van der Waals surface area contributed by atoms with Gasteiger partial charge in [0.1, 0.15) is 5.92 Å². The van der Waals surface area contributed by atoms with Gasteiger partial charge in [-0.3, -0.25) is 19.2 Å². The van der Waals surface area contributed by atoms with Gasteiger partial charge in [0.15, 0.2) is 5.78 Å². The van der Waals surface area contributed by atoms with Gasteiger partial charge in [0, 0.05) is 58.2 Å². The van der Waals surface area contributed by atoms with Gasteiger partial charge < -0.3 is 19.4 Å². The number of allylic oxidation sites excluding steroid dienone is 1. The Morgan fingerprint density at radius 2 is 1.27 bits per heavy atom. The number of aryl methyl sites for hydroxylation is 2. The van der Waals surface area contributed by atoms with E-state index in [2.05, 4.69) is 37.7 Å². The largest absolute Gasteiger partial charge is 0.414 e. The Morgan fingerprint density at radius 1 is 0.773 bits per heavy atom. The van der Waals surface area contributed by atoms with Gasteiger partial charge in [0.25, 0.3) is 0 Å². The number of carbonyl (C=O) groups is 4. The van der Waals surface area contributed by atoms with Gasteiger partial charge in [-0.2, -0.15) is 0 Å². The minimum absolute atomic E-state index is 0.0496. The summed E-state index contributed by atoms with van der Waals surface area (Å²) in [6.45, 7) is 10.7. The lowest BCUT2D eigenvalue weighted by Gasteiger charge is -2.39. The van der Waals surface area contributed by atoms with Gasteiger partial charge in [-0.15, -0.1) is 0 Å². The maximum Gasteiger partial charge on any atom is 0.335 e. The molecule has 0 amide bonds. The van der Waals surface area contributed by atoms with E-state index in [1.807, 2.05) is 48.5 Å². The number of aromatic amines is 2. The van der Waals surface area contributed by atoms with E-state index in [1.165, 1.54) is 6.08 Å². The minimum Gasteiger partial charge on any atom is -0.414 e. The normalized spacial score (nSPS) is 16.6. The number of nitrogens with one attached hydrogen (secondary N) is 2. The van der Waals surface area contributed by atoms with Crippen LogP contribution in [0.4, 0.5) is 0 Å². The first kappa shape index (κ1) is 31.0. The van der Waals surface area contributed by atoms with E-state index in [1.54, 1.807) is 0 Å². The molecule has 2 heterocycles. The number of rotatable bonds is 10. The summed E-state index contributed by atoms with van der Waals surface area (Å²) in [5, 5.41) is 1.45. The fourth-order valence-electron chi connectivity index (χ4n) is 6.28. The molecule has 0 fully saturated rings. The maximum atomic E-state index is 14.9. The number of benzene rings is 2. The predicted molar refractivity (Wildman–Crippen MR) is 170 cm³/mol. The van der Waals surface area contributed by atoms with Crippen molar-refractivity contribution in [1.29, 1.82) is 0 Å². The monoisotopic (exact) mass is 596 g/mol. The number of carbonyl (C=O) groups excluding carboxylic acids is 4. The van der Waals surface area contributed by atoms with Crippen molar-refractivity contribution in [1.82, 2.24) is 9.97 Å². The Kier molecular flexibility index (Phi) is 8.64. The third kappa shape index (κ3) is 5.73. The number of fused-ring (bicyclic) bond motifs is 2. The molecule has 2 aromatic heterocycles. The zero-order valence-electron chi connectivity index (χ0n) is 26.2. The summed E-state index contributed by atoms with van der Waals surface area (Å²) in [7, 11) is 0. The molecular weight excluding hydrogens is 556 g/mol. The molecule has 5 rings (SSSR count). The van der Waals surface area contributed by atoms with Crippen molar-refractivity contribution < 1.29 is 28.7 Å².